The summed E-state index contributed by atoms with van der Waals surface area (Å²) in [6.45, 7) is 4.42. The van der Waals surface area contributed by atoms with Crippen LogP contribution in [0.15, 0.2) is 30.3 Å². The molecule has 1 heterocycles. The number of hydrogen-bond donors (Lipinski definition) is 2. The summed E-state index contributed by atoms with van der Waals surface area (Å²) in [6.07, 6.45) is 4.39. The summed E-state index contributed by atoms with van der Waals surface area (Å²) < 4.78 is 0. The van der Waals surface area contributed by atoms with Crippen molar-refractivity contribution in [2.45, 2.75) is 57.7 Å². The summed E-state index contributed by atoms with van der Waals surface area (Å²) in [5, 5.41) is 14.2. The average molecular weight is 247 g/mol. The quantitative estimate of drug-likeness (QED) is 0.856. The highest BCUT2D eigenvalue weighted by Crippen LogP contribution is 2.31. The molecule has 0 bridgehead atoms. The fourth-order valence-electron chi connectivity index (χ4n) is 3.14. The Kier molecular flexibility index (Phi) is 4.79. The van der Waals surface area contributed by atoms with Crippen LogP contribution in [0.25, 0.3) is 0 Å². The number of piperidine rings is 1. The van der Waals surface area contributed by atoms with Gasteiger partial charge in [-0.05, 0) is 31.7 Å². The molecule has 0 aliphatic carbocycles. The first-order valence-electron chi connectivity index (χ1n) is 7.21. The zero-order valence-electron chi connectivity index (χ0n) is 11.5. The van der Waals surface area contributed by atoms with Gasteiger partial charge in [-0.2, -0.15) is 0 Å². The maximum Gasteiger partial charge on any atom is 0.0832 e. The molecule has 1 saturated heterocycles. The van der Waals surface area contributed by atoms with Gasteiger partial charge in [0, 0.05) is 18.0 Å². The minimum Gasteiger partial charge on any atom is -0.388 e. The molecule has 1 aliphatic rings. The maximum absolute atomic E-state index is 10.6. The molecular weight excluding hydrogens is 222 g/mol. The third-order valence-corrected chi connectivity index (χ3v) is 4.19. The smallest absolute Gasteiger partial charge is 0.0832 e. The Balaban J connectivity index is 2.08. The van der Waals surface area contributed by atoms with Crippen LogP contribution in [0.2, 0.25) is 0 Å². The predicted octanol–water partition coefficient (Wildman–Crippen LogP) is 3.28. The van der Waals surface area contributed by atoms with E-state index in [1.54, 1.807) is 0 Å². The molecule has 18 heavy (non-hydrogen) atoms. The summed E-state index contributed by atoms with van der Waals surface area (Å²) in [4.78, 5) is 0. The Morgan fingerprint density at radius 1 is 1.28 bits per heavy atom. The van der Waals surface area contributed by atoms with Crippen LogP contribution in [0.5, 0.6) is 0 Å². The van der Waals surface area contributed by atoms with Crippen LogP contribution < -0.4 is 5.32 Å². The van der Waals surface area contributed by atoms with E-state index < -0.39 is 0 Å². The third-order valence-electron chi connectivity index (χ3n) is 4.19. The minimum atomic E-state index is -0.348. The molecule has 2 rings (SSSR count). The lowest BCUT2D eigenvalue weighted by molar-refractivity contribution is 0.0683. The van der Waals surface area contributed by atoms with Gasteiger partial charge in [0.25, 0.3) is 0 Å². The number of aliphatic hydroxyl groups is 1. The van der Waals surface area contributed by atoms with E-state index in [1.165, 1.54) is 19.3 Å². The third kappa shape index (κ3) is 3.12. The molecule has 4 atom stereocenters. The summed E-state index contributed by atoms with van der Waals surface area (Å²) in [5.41, 5.74) is 1.05. The Labute approximate surface area is 110 Å². The molecule has 0 amide bonds. The molecule has 4 unspecified atom stereocenters. The van der Waals surface area contributed by atoms with E-state index in [4.69, 9.17) is 0 Å². The standard InChI is InChI=1S/C16H25NO/c1-3-14(15-11-7-8-12(2)17-15)16(18)13-9-5-4-6-10-13/h4-6,9-10,12,14-18H,3,7-8,11H2,1-2H3. The number of rotatable bonds is 4. The Bertz CT molecular complexity index is 351. The molecular formula is C16H25NO. The molecule has 0 spiro atoms. The Hall–Kier alpha value is -0.860. The van der Waals surface area contributed by atoms with Crippen LogP contribution in [0.3, 0.4) is 0 Å². The molecule has 0 aromatic heterocycles. The maximum atomic E-state index is 10.6. The van der Waals surface area contributed by atoms with Crippen molar-refractivity contribution in [1.82, 2.24) is 5.32 Å². The van der Waals surface area contributed by atoms with E-state index in [0.717, 1.165) is 12.0 Å². The van der Waals surface area contributed by atoms with Crippen LogP contribution in [0.4, 0.5) is 0 Å². The van der Waals surface area contributed by atoms with Gasteiger partial charge >= 0.3 is 0 Å². The van der Waals surface area contributed by atoms with E-state index >= 15 is 0 Å². The number of nitrogens with one attached hydrogen (secondary N) is 1. The lowest BCUT2D eigenvalue weighted by Gasteiger charge is -2.36. The summed E-state index contributed by atoms with van der Waals surface area (Å²) in [5.74, 6) is 0.315. The molecule has 1 aromatic rings. The van der Waals surface area contributed by atoms with Gasteiger partial charge in [-0.3, -0.25) is 0 Å². The van der Waals surface area contributed by atoms with Crippen LogP contribution in [0, 0.1) is 5.92 Å². The fraction of sp³-hybridized carbons (Fsp3) is 0.625. The van der Waals surface area contributed by atoms with Crippen molar-refractivity contribution in [3.63, 3.8) is 0 Å². The minimum absolute atomic E-state index is 0.315. The second-order valence-electron chi connectivity index (χ2n) is 5.53. The number of hydrogen-bond acceptors (Lipinski definition) is 2. The highest BCUT2D eigenvalue weighted by molar-refractivity contribution is 5.18. The first kappa shape index (κ1) is 13.6. The van der Waals surface area contributed by atoms with Gasteiger partial charge in [-0.1, -0.05) is 43.7 Å². The van der Waals surface area contributed by atoms with E-state index in [1.807, 2.05) is 30.3 Å². The molecule has 2 nitrogen and oxygen atoms in total. The van der Waals surface area contributed by atoms with E-state index in [-0.39, 0.29) is 6.10 Å². The van der Waals surface area contributed by atoms with Crippen molar-refractivity contribution in [3.05, 3.63) is 35.9 Å². The summed E-state index contributed by atoms with van der Waals surface area (Å²) >= 11 is 0. The average Bonchev–Trinajstić information content (AvgIpc) is 2.40. The van der Waals surface area contributed by atoms with Crippen LogP contribution in [-0.4, -0.2) is 17.2 Å². The van der Waals surface area contributed by atoms with Gasteiger partial charge in [0.1, 0.15) is 0 Å². The fourth-order valence-corrected chi connectivity index (χ4v) is 3.14. The highest BCUT2D eigenvalue weighted by Gasteiger charge is 2.30. The zero-order valence-corrected chi connectivity index (χ0v) is 11.5. The second-order valence-corrected chi connectivity index (χ2v) is 5.53. The van der Waals surface area contributed by atoms with Crippen LogP contribution in [-0.2, 0) is 0 Å². The van der Waals surface area contributed by atoms with E-state index in [0.29, 0.717) is 18.0 Å². The number of aliphatic hydroxyl groups excluding tert-OH is 1. The van der Waals surface area contributed by atoms with Crippen LogP contribution in [0.1, 0.15) is 51.2 Å². The Morgan fingerprint density at radius 3 is 2.61 bits per heavy atom. The van der Waals surface area contributed by atoms with Gasteiger partial charge < -0.3 is 10.4 Å². The lowest BCUT2D eigenvalue weighted by atomic mass is 9.82. The highest BCUT2D eigenvalue weighted by atomic mass is 16.3. The van der Waals surface area contributed by atoms with Crippen molar-refractivity contribution in [1.29, 1.82) is 0 Å². The van der Waals surface area contributed by atoms with Crippen molar-refractivity contribution < 1.29 is 5.11 Å². The molecule has 1 aliphatic heterocycles. The molecule has 0 radical (unpaired) electrons. The van der Waals surface area contributed by atoms with Crippen molar-refractivity contribution in [2.24, 2.45) is 5.92 Å². The molecule has 2 N–H and O–H groups in total. The molecule has 2 heteroatoms. The van der Waals surface area contributed by atoms with E-state index in [2.05, 4.69) is 19.2 Å². The first-order chi connectivity index (χ1) is 8.72. The van der Waals surface area contributed by atoms with Crippen molar-refractivity contribution in [2.75, 3.05) is 0 Å². The monoisotopic (exact) mass is 247 g/mol. The van der Waals surface area contributed by atoms with Gasteiger partial charge in [0.05, 0.1) is 6.10 Å². The largest absolute Gasteiger partial charge is 0.388 e. The number of benzene rings is 1. The summed E-state index contributed by atoms with van der Waals surface area (Å²) in [7, 11) is 0. The van der Waals surface area contributed by atoms with Gasteiger partial charge in [0.15, 0.2) is 0 Å². The summed E-state index contributed by atoms with van der Waals surface area (Å²) in [6, 6.07) is 11.1. The normalized spacial score (nSPS) is 27.7. The zero-order chi connectivity index (χ0) is 13.0. The van der Waals surface area contributed by atoms with Crippen LogP contribution >= 0.6 is 0 Å². The molecule has 0 saturated carbocycles. The van der Waals surface area contributed by atoms with Crippen molar-refractivity contribution in [3.8, 4) is 0 Å². The second kappa shape index (κ2) is 6.35. The molecule has 1 fully saturated rings. The Morgan fingerprint density at radius 2 is 2.00 bits per heavy atom. The topological polar surface area (TPSA) is 32.3 Å². The van der Waals surface area contributed by atoms with Gasteiger partial charge in [-0.25, -0.2) is 0 Å². The molecule has 100 valence electrons. The van der Waals surface area contributed by atoms with Crippen molar-refractivity contribution >= 4 is 0 Å². The van der Waals surface area contributed by atoms with Gasteiger partial charge in [-0.15, -0.1) is 0 Å². The first-order valence-corrected chi connectivity index (χ1v) is 7.21. The lowest BCUT2D eigenvalue weighted by Crippen LogP contribution is -2.46. The van der Waals surface area contributed by atoms with Gasteiger partial charge in [0.2, 0.25) is 0 Å². The predicted molar refractivity (Wildman–Crippen MR) is 75.4 cm³/mol. The van der Waals surface area contributed by atoms with E-state index in [9.17, 15) is 5.11 Å². The SMILES string of the molecule is CCC(C1CCCC(C)N1)C(O)c1ccccc1. The molecule has 1 aromatic carbocycles.